The molecule has 4 heterocycles. The van der Waals surface area contributed by atoms with E-state index in [0.29, 0.717) is 6.42 Å². The van der Waals surface area contributed by atoms with E-state index < -0.39 is 0 Å². The minimum atomic E-state index is 0.262. The van der Waals surface area contributed by atoms with Crippen LogP contribution >= 0.6 is 11.3 Å². The highest BCUT2D eigenvalue weighted by Crippen LogP contribution is 2.21. The summed E-state index contributed by atoms with van der Waals surface area (Å²) >= 11 is 1.75. The summed E-state index contributed by atoms with van der Waals surface area (Å²) in [5, 5.41) is 10.9. The summed E-state index contributed by atoms with van der Waals surface area (Å²) in [6.45, 7) is 7.45. The Hall–Kier alpha value is -2.15. The fraction of sp³-hybridized carbons (Fsp3) is 0.550. The maximum Gasteiger partial charge on any atom is 0.223 e. The number of hydrogen-bond donors (Lipinski definition) is 0. The Labute approximate surface area is 164 Å². The Morgan fingerprint density at radius 2 is 1.59 bits per heavy atom. The van der Waals surface area contributed by atoms with E-state index in [9.17, 15) is 4.79 Å². The molecule has 0 bridgehead atoms. The first-order valence-corrected chi connectivity index (χ1v) is 10.7. The van der Waals surface area contributed by atoms with Crippen molar-refractivity contribution >= 4 is 28.9 Å². The average molecular weight is 386 g/mol. The molecule has 4 rings (SSSR count). The minimum Gasteiger partial charge on any atom is -0.355 e. The van der Waals surface area contributed by atoms with Crippen molar-refractivity contribution in [3.8, 4) is 0 Å². The smallest absolute Gasteiger partial charge is 0.223 e. The molecule has 0 saturated carbocycles. The lowest BCUT2D eigenvalue weighted by Crippen LogP contribution is -2.49. The van der Waals surface area contributed by atoms with E-state index in [1.807, 2.05) is 4.90 Å². The maximum absolute atomic E-state index is 12.5. The third-order valence-electron chi connectivity index (χ3n) is 5.56. The van der Waals surface area contributed by atoms with Crippen LogP contribution in [-0.2, 0) is 11.2 Å². The Morgan fingerprint density at radius 3 is 2.15 bits per heavy atom. The zero-order chi connectivity index (χ0) is 18.6. The van der Waals surface area contributed by atoms with Gasteiger partial charge in [0, 0.05) is 50.6 Å². The van der Waals surface area contributed by atoms with Gasteiger partial charge in [-0.25, -0.2) is 0 Å². The molecule has 2 aromatic rings. The molecule has 0 radical (unpaired) electrons. The average Bonchev–Trinajstić information content (AvgIpc) is 3.38. The first kappa shape index (κ1) is 18.2. The molecule has 0 spiro atoms. The van der Waals surface area contributed by atoms with Gasteiger partial charge < -0.3 is 14.7 Å². The number of aryl methyl sites for hydroxylation is 2. The maximum atomic E-state index is 12.5. The Morgan fingerprint density at radius 1 is 0.963 bits per heavy atom. The van der Waals surface area contributed by atoms with E-state index in [1.165, 1.54) is 23.3 Å². The minimum absolute atomic E-state index is 0.262. The van der Waals surface area contributed by atoms with E-state index >= 15 is 0 Å². The topological polar surface area (TPSA) is 52.6 Å². The fourth-order valence-electron chi connectivity index (χ4n) is 3.83. The summed E-state index contributed by atoms with van der Waals surface area (Å²) < 4.78 is 0. The highest BCUT2D eigenvalue weighted by Gasteiger charge is 2.22. The number of amides is 1. The largest absolute Gasteiger partial charge is 0.355 e. The van der Waals surface area contributed by atoms with Crippen LogP contribution in [0.3, 0.4) is 0 Å². The number of anilines is 2. The number of nitrogens with zero attached hydrogens (tertiary/aromatic N) is 5. The molecule has 27 heavy (non-hydrogen) atoms. The summed E-state index contributed by atoms with van der Waals surface area (Å²) in [5.74, 6) is 2.16. The first-order valence-electron chi connectivity index (χ1n) is 9.85. The van der Waals surface area contributed by atoms with Gasteiger partial charge in [0.2, 0.25) is 5.91 Å². The lowest BCUT2D eigenvalue weighted by molar-refractivity contribution is -0.131. The number of carbonyl (C=O) groups is 1. The van der Waals surface area contributed by atoms with Gasteiger partial charge in [0.25, 0.3) is 0 Å². The van der Waals surface area contributed by atoms with Crippen LogP contribution in [0.25, 0.3) is 0 Å². The van der Waals surface area contributed by atoms with Crippen molar-refractivity contribution < 1.29 is 4.79 Å². The van der Waals surface area contributed by atoms with Gasteiger partial charge in [-0.2, -0.15) is 0 Å². The van der Waals surface area contributed by atoms with Crippen molar-refractivity contribution in [2.45, 2.75) is 32.6 Å². The molecule has 0 N–H and O–H groups in total. The molecule has 2 aliphatic rings. The van der Waals surface area contributed by atoms with Gasteiger partial charge in [0.15, 0.2) is 11.6 Å². The van der Waals surface area contributed by atoms with Crippen molar-refractivity contribution in [3.63, 3.8) is 0 Å². The van der Waals surface area contributed by atoms with Gasteiger partial charge in [-0.1, -0.05) is 0 Å². The fourth-order valence-corrected chi connectivity index (χ4v) is 4.74. The zero-order valence-corrected chi connectivity index (χ0v) is 16.7. The lowest BCUT2D eigenvalue weighted by atomic mass is 10.2. The quantitative estimate of drug-likeness (QED) is 0.792. The Kier molecular flexibility index (Phi) is 5.57. The number of thiophene rings is 1. The highest BCUT2D eigenvalue weighted by atomic mass is 32.1. The van der Waals surface area contributed by atoms with Crippen LogP contribution < -0.4 is 9.80 Å². The predicted octanol–water partition coefficient (Wildman–Crippen LogP) is 2.73. The molecule has 2 fully saturated rings. The number of carbonyl (C=O) groups excluding carboxylic acids is 1. The van der Waals surface area contributed by atoms with Crippen molar-refractivity contribution in [2.24, 2.45) is 0 Å². The van der Waals surface area contributed by atoms with Crippen LogP contribution in [0.15, 0.2) is 23.6 Å². The molecule has 2 aliphatic heterocycles. The van der Waals surface area contributed by atoms with Crippen LogP contribution in [0.1, 0.15) is 29.7 Å². The normalized spacial score (nSPS) is 17.6. The van der Waals surface area contributed by atoms with Gasteiger partial charge in [-0.15, -0.1) is 21.5 Å². The van der Waals surface area contributed by atoms with E-state index in [0.717, 1.165) is 57.3 Å². The van der Waals surface area contributed by atoms with E-state index in [1.54, 1.807) is 11.3 Å². The van der Waals surface area contributed by atoms with Crippen LogP contribution in [-0.4, -0.2) is 60.3 Å². The number of rotatable bonds is 5. The molecule has 2 saturated heterocycles. The molecule has 0 aromatic carbocycles. The standard InChI is InChI=1S/C20H27N5OS/c1-16-8-15-27-17(16)4-7-20(26)25-13-11-24(12-14-25)19-6-5-18(21-22-19)23-9-2-3-10-23/h5-6,8,15H,2-4,7,9-14H2,1H3. The first-order chi connectivity index (χ1) is 13.2. The molecular weight excluding hydrogens is 358 g/mol. The zero-order valence-electron chi connectivity index (χ0n) is 15.9. The molecule has 144 valence electrons. The summed E-state index contributed by atoms with van der Waals surface area (Å²) in [5.41, 5.74) is 1.30. The summed E-state index contributed by atoms with van der Waals surface area (Å²) in [7, 11) is 0. The van der Waals surface area contributed by atoms with Crippen molar-refractivity contribution in [1.29, 1.82) is 0 Å². The van der Waals surface area contributed by atoms with Gasteiger partial charge >= 0.3 is 0 Å². The second kappa shape index (κ2) is 8.25. The van der Waals surface area contributed by atoms with Gasteiger partial charge in [-0.05, 0) is 55.3 Å². The molecule has 6 nitrogen and oxygen atoms in total. The third-order valence-corrected chi connectivity index (χ3v) is 6.64. The van der Waals surface area contributed by atoms with Gasteiger partial charge in [-0.3, -0.25) is 4.79 Å². The van der Waals surface area contributed by atoms with Gasteiger partial charge in [0.1, 0.15) is 0 Å². The molecule has 0 aliphatic carbocycles. The molecular formula is C20H27N5OS. The van der Waals surface area contributed by atoms with Gasteiger partial charge in [0.05, 0.1) is 0 Å². The Balaban J connectivity index is 1.27. The van der Waals surface area contributed by atoms with Crippen LogP contribution in [0.5, 0.6) is 0 Å². The molecule has 1 amide bonds. The van der Waals surface area contributed by atoms with Crippen LogP contribution in [0.2, 0.25) is 0 Å². The number of piperazine rings is 1. The van der Waals surface area contributed by atoms with E-state index in [-0.39, 0.29) is 5.91 Å². The van der Waals surface area contributed by atoms with Crippen molar-refractivity contribution in [1.82, 2.24) is 15.1 Å². The summed E-state index contributed by atoms with van der Waals surface area (Å²) in [4.78, 5) is 20.4. The SMILES string of the molecule is Cc1ccsc1CCC(=O)N1CCN(c2ccc(N3CCCC3)nn2)CC1. The lowest BCUT2D eigenvalue weighted by Gasteiger charge is -2.35. The van der Waals surface area contributed by atoms with E-state index in [4.69, 9.17) is 0 Å². The number of hydrogen-bond acceptors (Lipinski definition) is 6. The monoisotopic (exact) mass is 385 g/mol. The molecule has 0 unspecified atom stereocenters. The molecule has 7 heteroatoms. The van der Waals surface area contributed by atoms with Crippen molar-refractivity contribution in [3.05, 3.63) is 34.0 Å². The van der Waals surface area contributed by atoms with Crippen LogP contribution in [0.4, 0.5) is 11.6 Å². The van der Waals surface area contributed by atoms with E-state index in [2.05, 4.69) is 50.5 Å². The second-order valence-corrected chi connectivity index (χ2v) is 8.34. The third kappa shape index (κ3) is 4.24. The molecule has 0 atom stereocenters. The predicted molar refractivity (Wildman–Crippen MR) is 110 cm³/mol. The number of aromatic nitrogens is 2. The van der Waals surface area contributed by atoms with Crippen molar-refractivity contribution in [2.75, 3.05) is 49.1 Å². The Bertz CT molecular complexity index is 761. The molecule has 2 aromatic heterocycles. The summed E-state index contributed by atoms with van der Waals surface area (Å²) in [6.07, 6.45) is 3.94. The highest BCUT2D eigenvalue weighted by molar-refractivity contribution is 7.10. The summed E-state index contributed by atoms with van der Waals surface area (Å²) in [6, 6.07) is 6.27. The van der Waals surface area contributed by atoms with Crippen LogP contribution in [0, 0.1) is 6.92 Å². The second-order valence-electron chi connectivity index (χ2n) is 7.34.